The van der Waals surface area contributed by atoms with E-state index in [4.69, 9.17) is 4.74 Å². The van der Waals surface area contributed by atoms with Crippen LogP contribution in [0.3, 0.4) is 0 Å². The van der Waals surface area contributed by atoms with Gasteiger partial charge >= 0.3 is 6.03 Å². The number of nitrogens with zero attached hydrogens (tertiary/aromatic N) is 2. The van der Waals surface area contributed by atoms with Crippen molar-refractivity contribution in [3.8, 4) is 0 Å². The van der Waals surface area contributed by atoms with Crippen molar-refractivity contribution in [3.63, 3.8) is 0 Å². The molecular weight excluding hydrogens is 346 g/mol. The number of hydrogen-bond donors (Lipinski definition) is 1. The lowest BCUT2D eigenvalue weighted by molar-refractivity contribution is 0.122. The summed E-state index contributed by atoms with van der Waals surface area (Å²) in [5.41, 5.74) is 2.32. The van der Waals surface area contributed by atoms with Gasteiger partial charge in [0.1, 0.15) is 0 Å². The van der Waals surface area contributed by atoms with E-state index < -0.39 is 0 Å². The summed E-state index contributed by atoms with van der Waals surface area (Å²) in [5.74, 6) is 0. The molecule has 2 heterocycles. The van der Waals surface area contributed by atoms with E-state index in [-0.39, 0.29) is 12.1 Å². The number of urea groups is 1. The third-order valence-corrected chi connectivity index (χ3v) is 6.02. The lowest BCUT2D eigenvalue weighted by atomic mass is 10.1. The smallest absolute Gasteiger partial charge is 0.317 e. The minimum atomic E-state index is -0.0552. The monoisotopic (exact) mass is 373 g/mol. The van der Waals surface area contributed by atoms with Crippen LogP contribution >= 0.6 is 11.3 Å². The van der Waals surface area contributed by atoms with E-state index in [1.807, 2.05) is 19.2 Å². The van der Waals surface area contributed by atoms with Gasteiger partial charge in [-0.2, -0.15) is 0 Å². The number of morpholine rings is 1. The first kappa shape index (κ1) is 18.7. The molecule has 0 saturated carbocycles. The number of carbonyl (C=O) groups is 1. The summed E-state index contributed by atoms with van der Waals surface area (Å²) in [6.45, 7) is 7.95. The molecule has 0 spiro atoms. The molecule has 0 radical (unpaired) electrons. The average Bonchev–Trinajstić information content (AvgIpc) is 3.12. The van der Waals surface area contributed by atoms with Crippen LogP contribution in [0, 0.1) is 6.92 Å². The van der Waals surface area contributed by atoms with Crippen LogP contribution in [0.2, 0.25) is 0 Å². The topological polar surface area (TPSA) is 44.8 Å². The van der Waals surface area contributed by atoms with Gasteiger partial charge in [-0.15, -0.1) is 11.3 Å². The fourth-order valence-electron chi connectivity index (χ4n) is 3.11. The molecule has 1 atom stereocenters. The maximum atomic E-state index is 12.6. The fourth-order valence-corrected chi connectivity index (χ4v) is 4.09. The molecule has 1 aliphatic heterocycles. The number of hydrogen-bond acceptors (Lipinski definition) is 4. The third-order valence-electron chi connectivity index (χ3n) is 4.85. The van der Waals surface area contributed by atoms with Crippen molar-refractivity contribution in [2.75, 3.05) is 38.3 Å². The number of thiophene rings is 1. The molecule has 0 bridgehead atoms. The Bertz CT molecular complexity index is 740. The number of aryl methyl sites for hydroxylation is 1. The second-order valence-corrected chi connectivity index (χ2v) is 7.94. The summed E-state index contributed by atoms with van der Waals surface area (Å²) in [4.78, 5) is 19.2. The summed E-state index contributed by atoms with van der Waals surface area (Å²) in [6, 6.07) is 12.5. The van der Waals surface area contributed by atoms with Gasteiger partial charge in [-0.05, 0) is 37.6 Å². The third kappa shape index (κ3) is 4.37. The highest BCUT2D eigenvalue weighted by molar-refractivity contribution is 7.12. The minimum absolute atomic E-state index is 0.0552. The Balaban J connectivity index is 1.62. The van der Waals surface area contributed by atoms with E-state index in [0.29, 0.717) is 6.54 Å². The molecule has 1 aromatic carbocycles. The predicted octanol–water partition coefficient (Wildman–Crippen LogP) is 3.80. The van der Waals surface area contributed by atoms with Crippen molar-refractivity contribution in [1.82, 2.24) is 10.2 Å². The van der Waals surface area contributed by atoms with E-state index in [2.05, 4.69) is 48.3 Å². The van der Waals surface area contributed by atoms with E-state index in [1.54, 1.807) is 16.2 Å². The van der Waals surface area contributed by atoms with Crippen molar-refractivity contribution < 1.29 is 9.53 Å². The average molecular weight is 374 g/mol. The predicted molar refractivity (Wildman–Crippen MR) is 107 cm³/mol. The Morgan fingerprint density at radius 2 is 2.00 bits per heavy atom. The molecule has 1 aromatic heterocycles. The summed E-state index contributed by atoms with van der Waals surface area (Å²) in [5, 5.41) is 3.07. The van der Waals surface area contributed by atoms with Crippen LogP contribution in [0.15, 0.2) is 36.4 Å². The number of carbonyl (C=O) groups excluding carboxylic acids is 1. The highest BCUT2D eigenvalue weighted by atomic mass is 32.1. The zero-order valence-corrected chi connectivity index (χ0v) is 16.5. The van der Waals surface area contributed by atoms with Crippen LogP contribution in [0.5, 0.6) is 0 Å². The van der Waals surface area contributed by atoms with Gasteiger partial charge in [-0.3, -0.25) is 0 Å². The number of nitrogens with one attached hydrogen (secondary N) is 1. The second kappa shape index (κ2) is 8.56. The van der Waals surface area contributed by atoms with E-state index in [9.17, 15) is 4.79 Å². The van der Waals surface area contributed by atoms with Gasteiger partial charge in [0.05, 0.1) is 19.3 Å². The van der Waals surface area contributed by atoms with Gasteiger partial charge in [0.25, 0.3) is 0 Å². The summed E-state index contributed by atoms with van der Waals surface area (Å²) >= 11 is 1.74. The number of ether oxygens (including phenoxy) is 1. The van der Waals surface area contributed by atoms with Crippen LogP contribution < -0.4 is 10.2 Å². The Hall–Kier alpha value is -2.05. The first-order valence-corrected chi connectivity index (χ1v) is 9.85. The lowest BCUT2D eigenvalue weighted by Gasteiger charge is -2.31. The molecule has 1 N–H and O–H groups in total. The van der Waals surface area contributed by atoms with Gasteiger partial charge in [0.15, 0.2) is 0 Å². The lowest BCUT2D eigenvalue weighted by Crippen LogP contribution is -2.39. The number of rotatable bonds is 5. The summed E-state index contributed by atoms with van der Waals surface area (Å²) in [6.07, 6.45) is 0. The second-order valence-electron chi connectivity index (χ2n) is 6.62. The normalized spacial score (nSPS) is 15.6. The van der Waals surface area contributed by atoms with Gasteiger partial charge in [-0.1, -0.05) is 18.2 Å². The van der Waals surface area contributed by atoms with Crippen molar-refractivity contribution in [2.45, 2.75) is 26.4 Å². The van der Waals surface area contributed by atoms with Crippen molar-refractivity contribution in [3.05, 3.63) is 51.7 Å². The van der Waals surface area contributed by atoms with Crippen LogP contribution in [0.25, 0.3) is 0 Å². The molecule has 1 fully saturated rings. The van der Waals surface area contributed by atoms with Crippen molar-refractivity contribution >= 4 is 23.1 Å². The molecule has 26 heavy (non-hydrogen) atoms. The minimum Gasteiger partial charge on any atom is -0.378 e. The highest BCUT2D eigenvalue weighted by Gasteiger charge is 2.19. The van der Waals surface area contributed by atoms with Crippen molar-refractivity contribution in [1.29, 1.82) is 0 Å². The van der Waals surface area contributed by atoms with Crippen LogP contribution in [0.1, 0.15) is 28.3 Å². The Labute approximate surface area is 159 Å². The maximum absolute atomic E-state index is 12.6. The van der Waals surface area contributed by atoms with Gasteiger partial charge in [-0.25, -0.2) is 4.79 Å². The highest BCUT2D eigenvalue weighted by Crippen LogP contribution is 2.26. The molecule has 2 amide bonds. The quantitative estimate of drug-likeness (QED) is 0.867. The molecule has 2 aromatic rings. The first-order valence-electron chi connectivity index (χ1n) is 9.04. The number of benzene rings is 1. The Morgan fingerprint density at radius 3 is 2.69 bits per heavy atom. The Morgan fingerprint density at radius 1 is 1.27 bits per heavy atom. The van der Waals surface area contributed by atoms with E-state index >= 15 is 0 Å². The van der Waals surface area contributed by atoms with Crippen LogP contribution in [-0.2, 0) is 11.3 Å². The number of para-hydroxylation sites is 1. The molecule has 1 saturated heterocycles. The molecule has 5 nitrogen and oxygen atoms in total. The van der Waals surface area contributed by atoms with Gasteiger partial charge in [0.2, 0.25) is 0 Å². The molecular formula is C20H27N3O2S. The molecule has 1 unspecified atom stereocenters. The number of amides is 2. The molecule has 1 aliphatic rings. The standard InChI is InChI=1S/C20H27N3O2S/c1-15-8-9-19(26-15)16(2)22(3)20(24)21-14-17-6-4-5-7-18(17)23-10-12-25-13-11-23/h4-9,16H,10-14H2,1-3H3,(H,21,24). The van der Waals surface area contributed by atoms with Crippen molar-refractivity contribution in [2.24, 2.45) is 0 Å². The van der Waals surface area contributed by atoms with Crippen LogP contribution in [0.4, 0.5) is 10.5 Å². The van der Waals surface area contributed by atoms with Gasteiger partial charge in [0, 0.05) is 42.1 Å². The van der Waals surface area contributed by atoms with Gasteiger partial charge < -0.3 is 19.9 Å². The maximum Gasteiger partial charge on any atom is 0.317 e. The summed E-state index contributed by atoms with van der Waals surface area (Å²) in [7, 11) is 1.85. The zero-order valence-electron chi connectivity index (χ0n) is 15.7. The van der Waals surface area contributed by atoms with E-state index in [1.165, 1.54) is 15.4 Å². The largest absolute Gasteiger partial charge is 0.378 e. The summed E-state index contributed by atoms with van der Waals surface area (Å²) < 4.78 is 5.44. The molecule has 0 aliphatic carbocycles. The zero-order chi connectivity index (χ0) is 18.5. The fraction of sp³-hybridized carbons (Fsp3) is 0.450. The van der Waals surface area contributed by atoms with E-state index in [0.717, 1.165) is 31.9 Å². The molecule has 6 heteroatoms. The Kier molecular flexibility index (Phi) is 6.16. The number of anilines is 1. The first-order chi connectivity index (χ1) is 12.6. The SMILES string of the molecule is Cc1ccc(C(C)N(C)C(=O)NCc2ccccc2N2CCOCC2)s1. The van der Waals surface area contributed by atoms with Crippen LogP contribution in [-0.4, -0.2) is 44.3 Å². The molecule has 140 valence electrons. The molecule has 3 rings (SSSR count).